The predicted molar refractivity (Wildman–Crippen MR) is 86.6 cm³/mol. The third kappa shape index (κ3) is 4.28. The van der Waals surface area contributed by atoms with Gasteiger partial charge in [-0.3, -0.25) is 0 Å². The minimum absolute atomic E-state index is 0.0191. The van der Waals surface area contributed by atoms with E-state index < -0.39 is 10.0 Å². The maximum atomic E-state index is 11.7. The highest BCUT2D eigenvalue weighted by Crippen LogP contribution is 2.28. The zero-order valence-corrected chi connectivity index (χ0v) is 14.0. The number of aryl methyl sites for hydroxylation is 2. The quantitative estimate of drug-likeness (QED) is 0.928. The first-order valence-corrected chi connectivity index (χ1v) is 9.40. The second-order valence-electron chi connectivity index (χ2n) is 6.33. The van der Waals surface area contributed by atoms with Crippen LogP contribution in [0.3, 0.4) is 0 Å². The van der Waals surface area contributed by atoms with Crippen molar-refractivity contribution in [2.75, 3.05) is 19.3 Å². The second kappa shape index (κ2) is 6.46. The fraction of sp³-hybridized carbons (Fsp3) is 0.625. The summed E-state index contributed by atoms with van der Waals surface area (Å²) in [6.45, 7) is 5.41. The Morgan fingerprint density at radius 2 is 2.10 bits per heavy atom. The third-order valence-corrected chi connectivity index (χ3v) is 5.64. The molecule has 0 aromatic heterocycles. The highest BCUT2D eigenvalue weighted by atomic mass is 32.2. The molecule has 21 heavy (non-hydrogen) atoms. The van der Waals surface area contributed by atoms with Gasteiger partial charge in [0.1, 0.15) is 0 Å². The third-order valence-electron chi connectivity index (χ3n) is 4.37. The summed E-state index contributed by atoms with van der Waals surface area (Å²) in [6.07, 6.45) is 4.12. The Kier molecular flexibility index (Phi) is 5.07. The van der Waals surface area contributed by atoms with Crippen LogP contribution in [0.4, 0.5) is 0 Å². The number of nitrogens with zero attached hydrogens (tertiary/aromatic N) is 1. The number of piperidine rings is 1. The minimum Gasteiger partial charge on any atom is -0.324 e. The molecule has 2 N–H and O–H groups in total. The molecule has 1 saturated heterocycles. The van der Waals surface area contributed by atoms with E-state index in [2.05, 4.69) is 32.0 Å². The summed E-state index contributed by atoms with van der Waals surface area (Å²) in [6, 6.07) is 6.33. The maximum Gasteiger partial charge on any atom is 0.211 e. The largest absolute Gasteiger partial charge is 0.324 e. The Bertz CT molecular complexity index is 598. The topological polar surface area (TPSA) is 63.4 Å². The van der Waals surface area contributed by atoms with Crippen molar-refractivity contribution in [3.63, 3.8) is 0 Å². The molecule has 0 saturated carbocycles. The van der Waals surface area contributed by atoms with Gasteiger partial charge in [-0.1, -0.05) is 23.8 Å². The number of nitrogens with two attached hydrogens (primary N) is 1. The Balaban J connectivity index is 2.05. The summed E-state index contributed by atoms with van der Waals surface area (Å²) in [5.74, 6) is 0.350. The van der Waals surface area contributed by atoms with Crippen LogP contribution in [0.1, 0.15) is 42.0 Å². The Morgan fingerprint density at radius 1 is 1.38 bits per heavy atom. The lowest BCUT2D eigenvalue weighted by atomic mass is 9.88. The van der Waals surface area contributed by atoms with Crippen molar-refractivity contribution in [3.05, 3.63) is 34.9 Å². The summed E-state index contributed by atoms with van der Waals surface area (Å²) in [7, 11) is -3.08. The molecule has 118 valence electrons. The van der Waals surface area contributed by atoms with Gasteiger partial charge in [-0.15, -0.1) is 0 Å². The molecule has 0 amide bonds. The van der Waals surface area contributed by atoms with Crippen molar-refractivity contribution in [3.8, 4) is 0 Å². The van der Waals surface area contributed by atoms with Crippen LogP contribution in [0, 0.1) is 19.8 Å². The molecule has 1 aromatic carbocycles. The summed E-state index contributed by atoms with van der Waals surface area (Å²) in [5.41, 5.74) is 10.00. The number of rotatable bonds is 4. The van der Waals surface area contributed by atoms with Gasteiger partial charge in [0.05, 0.1) is 6.26 Å². The molecule has 0 bridgehead atoms. The zero-order chi connectivity index (χ0) is 15.6. The molecule has 1 aromatic rings. The van der Waals surface area contributed by atoms with Gasteiger partial charge in [0.25, 0.3) is 0 Å². The van der Waals surface area contributed by atoms with E-state index in [1.165, 1.54) is 22.9 Å². The lowest BCUT2D eigenvalue weighted by Crippen LogP contribution is -2.40. The molecule has 2 atom stereocenters. The number of benzene rings is 1. The van der Waals surface area contributed by atoms with Gasteiger partial charge in [-0.05, 0) is 50.2 Å². The van der Waals surface area contributed by atoms with Crippen molar-refractivity contribution in [1.29, 1.82) is 0 Å². The van der Waals surface area contributed by atoms with Crippen LogP contribution in [0.15, 0.2) is 18.2 Å². The average Bonchev–Trinajstić information content (AvgIpc) is 2.41. The van der Waals surface area contributed by atoms with Crippen molar-refractivity contribution < 1.29 is 8.42 Å². The summed E-state index contributed by atoms with van der Waals surface area (Å²) < 4.78 is 25.0. The van der Waals surface area contributed by atoms with Gasteiger partial charge < -0.3 is 5.73 Å². The van der Waals surface area contributed by atoms with Crippen LogP contribution in [-0.2, 0) is 10.0 Å². The Morgan fingerprint density at radius 3 is 2.76 bits per heavy atom. The normalized spacial score (nSPS) is 22.2. The highest BCUT2D eigenvalue weighted by Gasteiger charge is 2.27. The van der Waals surface area contributed by atoms with E-state index >= 15 is 0 Å². The van der Waals surface area contributed by atoms with Crippen LogP contribution in [-0.4, -0.2) is 32.1 Å². The fourth-order valence-corrected chi connectivity index (χ4v) is 4.11. The smallest absolute Gasteiger partial charge is 0.211 e. The molecule has 0 spiro atoms. The molecule has 1 aliphatic heterocycles. The summed E-state index contributed by atoms with van der Waals surface area (Å²) in [5, 5.41) is 0. The predicted octanol–water partition coefficient (Wildman–Crippen LogP) is 2.36. The Hall–Kier alpha value is -0.910. The summed E-state index contributed by atoms with van der Waals surface area (Å²) >= 11 is 0. The van der Waals surface area contributed by atoms with Crippen LogP contribution >= 0.6 is 0 Å². The van der Waals surface area contributed by atoms with E-state index in [9.17, 15) is 8.42 Å². The standard InChI is InChI=1S/C16H26N2O2S/c1-12-6-7-13(2)15(9-12)16(17)10-14-5-4-8-18(11-14)21(3,19)20/h6-7,9,14,16H,4-5,8,10-11,17H2,1-3H3. The first-order chi connectivity index (χ1) is 9.77. The molecule has 0 radical (unpaired) electrons. The SMILES string of the molecule is Cc1ccc(C)c(C(N)CC2CCCN(S(C)(=O)=O)C2)c1. The van der Waals surface area contributed by atoms with Crippen molar-refractivity contribution >= 4 is 10.0 Å². The van der Waals surface area contributed by atoms with Gasteiger partial charge in [0, 0.05) is 19.1 Å². The molecule has 1 heterocycles. The molecule has 0 aliphatic carbocycles. The van der Waals surface area contributed by atoms with E-state index in [-0.39, 0.29) is 6.04 Å². The van der Waals surface area contributed by atoms with E-state index in [4.69, 9.17) is 5.73 Å². The molecule has 1 fully saturated rings. The highest BCUT2D eigenvalue weighted by molar-refractivity contribution is 7.88. The van der Waals surface area contributed by atoms with Gasteiger partial charge >= 0.3 is 0 Å². The number of hydrogen-bond donors (Lipinski definition) is 1. The molecule has 2 unspecified atom stereocenters. The average molecular weight is 310 g/mol. The van der Waals surface area contributed by atoms with E-state index in [1.54, 1.807) is 4.31 Å². The van der Waals surface area contributed by atoms with Crippen molar-refractivity contribution in [1.82, 2.24) is 4.31 Å². The molecular weight excluding hydrogens is 284 g/mol. The number of sulfonamides is 1. The summed E-state index contributed by atoms with van der Waals surface area (Å²) in [4.78, 5) is 0. The molecule has 5 heteroatoms. The monoisotopic (exact) mass is 310 g/mol. The van der Waals surface area contributed by atoms with E-state index in [0.717, 1.165) is 19.3 Å². The van der Waals surface area contributed by atoms with Crippen LogP contribution in [0.2, 0.25) is 0 Å². The van der Waals surface area contributed by atoms with Crippen LogP contribution in [0.5, 0.6) is 0 Å². The zero-order valence-electron chi connectivity index (χ0n) is 13.2. The minimum atomic E-state index is -3.08. The second-order valence-corrected chi connectivity index (χ2v) is 8.31. The van der Waals surface area contributed by atoms with E-state index in [1.807, 2.05) is 0 Å². The van der Waals surface area contributed by atoms with Crippen molar-refractivity contribution in [2.45, 2.75) is 39.2 Å². The first-order valence-electron chi connectivity index (χ1n) is 7.55. The Labute approximate surface area is 128 Å². The van der Waals surface area contributed by atoms with Crippen molar-refractivity contribution in [2.24, 2.45) is 11.7 Å². The maximum absolute atomic E-state index is 11.7. The molecular formula is C16H26N2O2S. The molecule has 4 nitrogen and oxygen atoms in total. The lowest BCUT2D eigenvalue weighted by Gasteiger charge is -2.32. The van der Waals surface area contributed by atoms with Crippen LogP contribution in [0.25, 0.3) is 0 Å². The lowest BCUT2D eigenvalue weighted by molar-refractivity contribution is 0.247. The van der Waals surface area contributed by atoms with Gasteiger partial charge in [0.2, 0.25) is 10.0 Å². The van der Waals surface area contributed by atoms with E-state index in [0.29, 0.717) is 19.0 Å². The van der Waals surface area contributed by atoms with Gasteiger partial charge in [0.15, 0.2) is 0 Å². The van der Waals surface area contributed by atoms with Gasteiger partial charge in [-0.25, -0.2) is 12.7 Å². The number of hydrogen-bond acceptors (Lipinski definition) is 3. The molecule has 1 aliphatic rings. The molecule has 2 rings (SSSR count). The van der Waals surface area contributed by atoms with Gasteiger partial charge in [-0.2, -0.15) is 0 Å². The first kappa shape index (κ1) is 16.5. The fourth-order valence-electron chi connectivity index (χ4n) is 3.17. The van der Waals surface area contributed by atoms with Crippen LogP contribution < -0.4 is 5.73 Å².